The summed E-state index contributed by atoms with van der Waals surface area (Å²) in [5, 5.41) is 0. The van der Waals surface area contributed by atoms with Crippen LogP contribution >= 0.6 is 0 Å². The second-order valence-electron chi connectivity index (χ2n) is 5.22. The summed E-state index contributed by atoms with van der Waals surface area (Å²) >= 11 is 0. The van der Waals surface area contributed by atoms with Crippen molar-refractivity contribution < 1.29 is 8.96 Å². The van der Waals surface area contributed by atoms with Gasteiger partial charge in [-0.3, -0.25) is 0 Å². The Hall–Kier alpha value is -1.96. The Morgan fingerprint density at radius 3 is 2.83 bits per heavy atom. The van der Waals surface area contributed by atoms with Crippen LogP contribution in [-0.2, 0) is 5.54 Å². The van der Waals surface area contributed by atoms with E-state index in [9.17, 15) is 4.39 Å². The van der Waals surface area contributed by atoms with Gasteiger partial charge in [0.05, 0.1) is 11.5 Å². The number of aromatic nitrogens is 1. The summed E-state index contributed by atoms with van der Waals surface area (Å²) in [5.41, 5.74) is 2.78. The molecule has 2 atom stereocenters. The smallest absolute Gasteiger partial charge is 0.206 e. The Bertz CT molecular complexity index is 689. The number of rotatable bonds is 0. The first kappa shape index (κ1) is 10.0. The Morgan fingerprint density at radius 2 is 2.06 bits per heavy atom. The molecule has 0 radical (unpaired) electrons. The molecule has 1 aromatic carbocycles. The van der Waals surface area contributed by atoms with Gasteiger partial charge in [0.25, 0.3) is 0 Å². The maximum atomic E-state index is 14.2. The van der Waals surface area contributed by atoms with Gasteiger partial charge in [-0.25, -0.2) is 4.39 Å². The Morgan fingerprint density at radius 1 is 1.17 bits per heavy atom. The molecule has 1 nitrogen and oxygen atoms in total. The van der Waals surface area contributed by atoms with Gasteiger partial charge in [-0.2, -0.15) is 4.57 Å². The Balaban J connectivity index is 2.15. The van der Waals surface area contributed by atoms with Crippen LogP contribution in [0.25, 0.3) is 11.3 Å². The molecule has 0 fully saturated rings. The fourth-order valence-corrected chi connectivity index (χ4v) is 3.26. The van der Waals surface area contributed by atoms with Crippen LogP contribution < -0.4 is 4.57 Å². The summed E-state index contributed by atoms with van der Waals surface area (Å²) in [6.07, 6.45) is 6.41. The van der Waals surface area contributed by atoms with Crippen molar-refractivity contribution in [3.8, 4) is 11.3 Å². The van der Waals surface area contributed by atoms with Gasteiger partial charge in [0, 0.05) is 19.1 Å². The zero-order valence-electron chi connectivity index (χ0n) is 10.1. The number of nitrogens with zero attached hydrogens (tertiary/aromatic N) is 1. The molecule has 1 aliphatic heterocycles. The normalized spacial score (nSPS) is 26.9. The van der Waals surface area contributed by atoms with Crippen LogP contribution in [0.2, 0.25) is 0 Å². The van der Waals surface area contributed by atoms with Crippen LogP contribution in [-0.4, -0.2) is 0 Å². The predicted octanol–water partition coefficient (Wildman–Crippen LogP) is 3.16. The fourth-order valence-electron chi connectivity index (χ4n) is 3.26. The highest BCUT2D eigenvalue weighted by molar-refractivity contribution is 5.66. The minimum absolute atomic E-state index is 0.0443. The molecule has 0 amide bonds. The third kappa shape index (κ3) is 0.993. The number of hydrogen-bond donors (Lipinski definition) is 0. The van der Waals surface area contributed by atoms with E-state index < -0.39 is 0 Å². The zero-order valence-corrected chi connectivity index (χ0v) is 10.1. The van der Waals surface area contributed by atoms with Crippen molar-refractivity contribution in [2.75, 3.05) is 0 Å². The predicted molar refractivity (Wildman–Crippen MR) is 67.6 cm³/mol. The van der Waals surface area contributed by atoms with Crippen molar-refractivity contribution in [1.82, 2.24) is 0 Å². The molecule has 4 rings (SSSR count). The molecule has 0 bridgehead atoms. The number of pyridine rings is 1. The van der Waals surface area contributed by atoms with Crippen molar-refractivity contribution in [1.29, 1.82) is 0 Å². The molecule has 2 aliphatic rings. The van der Waals surface area contributed by atoms with Crippen molar-refractivity contribution in [2.45, 2.75) is 18.4 Å². The maximum absolute atomic E-state index is 14.2. The van der Waals surface area contributed by atoms with Gasteiger partial charge in [0.2, 0.25) is 5.69 Å². The van der Waals surface area contributed by atoms with E-state index in [0.29, 0.717) is 0 Å². The van der Waals surface area contributed by atoms with Crippen molar-refractivity contribution >= 4 is 0 Å². The van der Waals surface area contributed by atoms with Gasteiger partial charge in [0.15, 0.2) is 11.7 Å². The highest BCUT2D eigenvalue weighted by Gasteiger charge is 2.52. The quantitative estimate of drug-likeness (QED) is 0.490. The Labute approximate surface area is 105 Å². The summed E-state index contributed by atoms with van der Waals surface area (Å²) in [7, 11) is 0. The van der Waals surface area contributed by atoms with Crippen LogP contribution in [0.3, 0.4) is 0 Å². The summed E-state index contributed by atoms with van der Waals surface area (Å²) in [6, 6.07) is 11.4. The Kier molecular flexibility index (Phi) is 1.71. The van der Waals surface area contributed by atoms with Gasteiger partial charge in [0.1, 0.15) is 5.82 Å². The van der Waals surface area contributed by atoms with Gasteiger partial charge < -0.3 is 0 Å². The molecule has 0 saturated heterocycles. The highest BCUT2D eigenvalue weighted by atomic mass is 19.1. The lowest BCUT2D eigenvalue weighted by Gasteiger charge is -2.40. The van der Waals surface area contributed by atoms with Crippen LogP contribution in [0.1, 0.15) is 18.4 Å². The molecule has 0 spiro atoms. The third-order valence-corrected chi connectivity index (χ3v) is 4.27. The zero-order chi connectivity index (χ0) is 12.3. The second-order valence-corrected chi connectivity index (χ2v) is 5.22. The van der Waals surface area contributed by atoms with E-state index in [0.717, 1.165) is 16.8 Å². The summed E-state index contributed by atoms with van der Waals surface area (Å²) < 4.78 is 16.3. The molecule has 2 aromatic rings. The van der Waals surface area contributed by atoms with E-state index in [1.165, 1.54) is 0 Å². The number of benzene rings is 1. The molecule has 0 N–H and O–H groups in total. The van der Waals surface area contributed by atoms with Crippen LogP contribution in [0, 0.1) is 5.82 Å². The lowest BCUT2D eigenvalue weighted by Crippen LogP contribution is -2.62. The van der Waals surface area contributed by atoms with Crippen LogP contribution in [0.4, 0.5) is 4.39 Å². The lowest BCUT2D eigenvalue weighted by atomic mass is 9.67. The average molecular weight is 238 g/mol. The molecular weight excluding hydrogens is 225 g/mol. The van der Waals surface area contributed by atoms with Crippen molar-refractivity contribution in [3.05, 3.63) is 66.1 Å². The van der Waals surface area contributed by atoms with E-state index in [-0.39, 0.29) is 17.3 Å². The second kappa shape index (κ2) is 3.08. The number of halogens is 1. The van der Waals surface area contributed by atoms with E-state index in [2.05, 4.69) is 23.6 Å². The molecule has 1 aromatic heterocycles. The standard InChI is InChI=1S/C16H13FN/c1-16-9-8-12(16)11-5-4-6-13(17)15(11)14-7-2-3-10-18(14)16/h2-10,12H,1H3/q+1. The van der Waals surface area contributed by atoms with Gasteiger partial charge in [-0.15, -0.1) is 0 Å². The molecule has 1 aliphatic carbocycles. The van der Waals surface area contributed by atoms with Crippen molar-refractivity contribution in [3.63, 3.8) is 0 Å². The number of hydrogen-bond acceptors (Lipinski definition) is 0. The first-order valence-electron chi connectivity index (χ1n) is 6.21. The van der Waals surface area contributed by atoms with Gasteiger partial charge in [-0.1, -0.05) is 18.2 Å². The molecular formula is C16H13FN+. The largest absolute Gasteiger partial charge is 0.216 e. The van der Waals surface area contributed by atoms with Crippen molar-refractivity contribution in [2.24, 2.45) is 0 Å². The molecule has 18 heavy (non-hydrogen) atoms. The molecule has 0 saturated carbocycles. The SMILES string of the molecule is CC12C=CC1c1cccc(F)c1-c1cccc[n+]12. The lowest BCUT2D eigenvalue weighted by molar-refractivity contribution is -0.747. The number of allylic oxidation sites excluding steroid dienone is 2. The van der Waals surface area contributed by atoms with Crippen LogP contribution in [0.5, 0.6) is 0 Å². The molecule has 2 heteroatoms. The van der Waals surface area contributed by atoms with E-state index in [4.69, 9.17) is 0 Å². The van der Waals surface area contributed by atoms with Gasteiger partial charge in [-0.05, 0) is 23.8 Å². The minimum Gasteiger partial charge on any atom is -0.206 e. The first-order chi connectivity index (χ1) is 8.72. The van der Waals surface area contributed by atoms with Crippen LogP contribution in [0.15, 0.2) is 54.7 Å². The summed E-state index contributed by atoms with van der Waals surface area (Å²) in [5.74, 6) is 0.151. The summed E-state index contributed by atoms with van der Waals surface area (Å²) in [4.78, 5) is 0. The number of fused-ring (bicyclic) bond motifs is 6. The van der Waals surface area contributed by atoms with E-state index in [1.54, 1.807) is 12.1 Å². The third-order valence-electron chi connectivity index (χ3n) is 4.27. The fraction of sp³-hybridized carbons (Fsp3) is 0.188. The van der Waals surface area contributed by atoms with Gasteiger partial charge >= 0.3 is 0 Å². The molecule has 2 heterocycles. The minimum atomic E-state index is -0.130. The topological polar surface area (TPSA) is 3.88 Å². The molecule has 2 unspecified atom stereocenters. The monoisotopic (exact) mass is 238 g/mol. The van der Waals surface area contributed by atoms with E-state index in [1.807, 2.05) is 30.5 Å². The average Bonchev–Trinajstić information content (AvgIpc) is 2.36. The maximum Gasteiger partial charge on any atom is 0.216 e. The highest BCUT2D eigenvalue weighted by Crippen LogP contribution is 2.48. The van der Waals surface area contributed by atoms with E-state index >= 15 is 0 Å². The molecule has 88 valence electrons. The first-order valence-corrected chi connectivity index (χ1v) is 6.21. The summed E-state index contributed by atoms with van der Waals surface area (Å²) in [6.45, 7) is 2.20.